The van der Waals surface area contributed by atoms with Gasteiger partial charge in [0.25, 0.3) is 0 Å². The van der Waals surface area contributed by atoms with Crippen LogP contribution in [-0.4, -0.2) is 5.11 Å². The van der Waals surface area contributed by atoms with Crippen molar-refractivity contribution in [2.45, 2.75) is 52.6 Å². The van der Waals surface area contributed by atoms with Crippen LogP contribution in [0.2, 0.25) is 0 Å². The minimum absolute atomic E-state index is 0.287. The van der Waals surface area contributed by atoms with Gasteiger partial charge in [-0.3, -0.25) is 0 Å². The number of hydrogen-bond donors (Lipinski definition) is 1. The van der Waals surface area contributed by atoms with Gasteiger partial charge in [-0.25, -0.2) is 0 Å². The number of nitriles is 1. The lowest BCUT2D eigenvalue weighted by Crippen LogP contribution is -2.35. The molecule has 1 aliphatic rings. The van der Waals surface area contributed by atoms with Crippen molar-refractivity contribution in [3.63, 3.8) is 0 Å². The van der Waals surface area contributed by atoms with Crippen LogP contribution in [0.1, 0.15) is 56.8 Å². The second kappa shape index (κ2) is 5.50. The van der Waals surface area contributed by atoms with Crippen molar-refractivity contribution in [2.75, 3.05) is 0 Å². The fourth-order valence-electron chi connectivity index (χ4n) is 2.98. The van der Waals surface area contributed by atoms with Crippen molar-refractivity contribution in [1.82, 2.24) is 0 Å². The molecule has 1 atom stereocenters. The summed E-state index contributed by atoms with van der Waals surface area (Å²) in [6.45, 7) is 6.48. The summed E-state index contributed by atoms with van der Waals surface area (Å²) in [6, 6.07) is 8.27. The van der Waals surface area contributed by atoms with Crippen molar-refractivity contribution >= 4 is 15.9 Å². The first-order valence-electron chi connectivity index (χ1n) is 7.15. The van der Waals surface area contributed by atoms with E-state index < -0.39 is 11.5 Å². The van der Waals surface area contributed by atoms with Crippen LogP contribution in [0, 0.1) is 29.1 Å². The Labute approximate surface area is 129 Å². The number of hydrogen-bond acceptors (Lipinski definition) is 2. The predicted molar refractivity (Wildman–Crippen MR) is 84.1 cm³/mol. The molecule has 3 heteroatoms. The molecule has 1 saturated carbocycles. The largest absolute Gasteiger partial charge is 0.387 e. The standard InChI is InChI=1S/C17H22BrNO/c1-12-10-13(4-5-14(12)18)15(20)17(11-19)8-6-16(2,3)7-9-17/h4-5,10,15,20H,6-9H2,1-3H3. The Balaban J connectivity index is 2.28. The molecule has 1 N–H and O–H groups in total. The van der Waals surface area contributed by atoms with Crippen molar-refractivity contribution < 1.29 is 5.11 Å². The average Bonchev–Trinajstić information content (AvgIpc) is 2.42. The topological polar surface area (TPSA) is 44.0 Å². The second-order valence-corrected chi connectivity index (χ2v) is 7.70. The Hall–Kier alpha value is -0.850. The zero-order chi connectivity index (χ0) is 15.0. The van der Waals surface area contributed by atoms with E-state index in [0.29, 0.717) is 0 Å². The molecule has 2 rings (SSSR count). The Morgan fingerprint density at radius 1 is 1.25 bits per heavy atom. The summed E-state index contributed by atoms with van der Waals surface area (Å²) in [6.07, 6.45) is 2.83. The molecule has 2 nitrogen and oxygen atoms in total. The normalized spacial score (nSPS) is 22.0. The summed E-state index contributed by atoms with van der Waals surface area (Å²) in [5, 5.41) is 20.4. The maximum absolute atomic E-state index is 10.7. The van der Waals surface area contributed by atoms with Crippen molar-refractivity contribution in [1.29, 1.82) is 5.26 Å². The van der Waals surface area contributed by atoms with Gasteiger partial charge in [0.1, 0.15) is 0 Å². The molecule has 1 aliphatic carbocycles. The van der Waals surface area contributed by atoms with Gasteiger partial charge in [-0.05, 0) is 55.2 Å². The van der Waals surface area contributed by atoms with Gasteiger partial charge in [-0.2, -0.15) is 5.26 Å². The summed E-state index contributed by atoms with van der Waals surface area (Å²) < 4.78 is 1.03. The molecule has 0 radical (unpaired) electrons. The molecule has 1 aromatic carbocycles. The summed E-state index contributed by atoms with van der Waals surface area (Å²) in [7, 11) is 0. The van der Waals surface area contributed by atoms with E-state index in [2.05, 4.69) is 35.8 Å². The minimum Gasteiger partial charge on any atom is -0.387 e. The molecule has 20 heavy (non-hydrogen) atoms. The first kappa shape index (κ1) is 15.5. The predicted octanol–water partition coefficient (Wildman–Crippen LogP) is 4.90. The molecular formula is C17H22BrNO. The third-order valence-electron chi connectivity index (χ3n) is 4.74. The van der Waals surface area contributed by atoms with Gasteiger partial charge in [0.15, 0.2) is 0 Å². The number of aliphatic hydroxyl groups excluding tert-OH is 1. The average molecular weight is 336 g/mol. The highest BCUT2D eigenvalue weighted by Crippen LogP contribution is 2.51. The van der Waals surface area contributed by atoms with E-state index in [9.17, 15) is 10.4 Å². The Bertz CT molecular complexity index is 534. The van der Waals surface area contributed by atoms with Crippen molar-refractivity contribution in [3.8, 4) is 6.07 Å². The van der Waals surface area contributed by atoms with Crippen LogP contribution in [0.4, 0.5) is 0 Å². The Morgan fingerprint density at radius 2 is 1.85 bits per heavy atom. The van der Waals surface area contributed by atoms with Crippen LogP contribution in [0.3, 0.4) is 0 Å². The summed E-state index contributed by atoms with van der Waals surface area (Å²) in [4.78, 5) is 0. The monoisotopic (exact) mass is 335 g/mol. The SMILES string of the molecule is Cc1cc(C(O)C2(C#N)CCC(C)(C)CC2)ccc1Br. The lowest BCUT2D eigenvalue weighted by atomic mass is 9.62. The lowest BCUT2D eigenvalue weighted by molar-refractivity contribution is 0.00952. The summed E-state index contributed by atoms with van der Waals surface area (Å²) >= 11 is 3.47. The van der Waals surface area contributed by atoms with E-state index in [1.807, 2.05) is 25.1 Å². The van der Waals surface area contributed by atoms with Crippen molar-refractivity contribution in [3.05, 3.63) is 33.8 Å². The third kappa shape index (κ3) is 2.92. The number of aryl methyl sites for hydroxylation is 1. The van der Waals surface area contributed by atoms with Gasteiger partial charge < -0.3 is 5.11 Å². The Morgan fingerprint density at radius 3 is 2.35 bits per heavy atom. The quantitative estimate of drug-likeness (QED) is 0.835. The van der Waals surface area contributed by atoms with E-state index in [4.69, 9.17) is 0 Å². The highest BCUT2D eigenvalue weighted by atomic mass is 79.9. The molecule has 1 fully saturated rings. The van der Waals surface area contributed by atoms with E-state index >= 15 is 0 Å². The van der Waals surface area contributed by atoms with Crippen LogP contribution in [0.25, 0.3) is 0 Å². The highest BCUT2D eigenvalue weighted by molar-refractivity contribution is 9.10. The minimum atomic E-state index is -0.699. The van der Waals surface area contributed by atoms with E-state index in [1.54, 1.807) is 0 Å². The molecule has 0 bridgehead atoms. The second-order valence-electron chi connectivity index (χ2n) is 6.84. The number of nitrogens with zero attached hydrogens (tertiary/aromatic N) is 1. The van der Waals surface area contributed by atoms with Gasteiger partial charge in [0.2, 0.25) is 0 Å². The zero-order valence-corrected chi connectivity index (χ0v) is 14.0. The van der Waals surface area contributed by atoms with Crippen LogP contribution in [0.5, 0.6) is 0 Å². The molecule has 1 aromatic rings. The van der Waals surface area contributed by atoms with Crippen molar-refractivity contribution in [2.24, 2.45) is 10.8 Å². The molecule has 1 unspecified atom stereocenters. The first-order valence-corrected chi connectivity index (χ1v) is 7.94. The summed E-state index contributed by atoms with van der Waals surface area (Å²) in [5.41, 5.74) is 1.60. The zero-order valence-electron chi connectivity index (χ0n) is 12.4. The number of aliphatic hydroxyl groups is 1. The van der Waals surface area contributed by atoms with Gasteiger partial charge >= 0.3 is 0 Å². The fourth-order valence-corrected chi connectivity index (χ4v) is 3.22. The number of rotatable bonds is 2. The van der Waals surface area contributed by atoms with Crippen LogP contribution in [0.15, 0.2) is 22.7 Å². The molecule has 108 valence electrons. The molecule has 0 spiro atoms. The van der Waals surface area contributed by atoms with Gasteiger partial charge in [0, 0.05) is 4.47 Å². The first-order chi connectivity index (χ1) is 9.30. The van der Waals surface area contributed by atoms with E-state index in [-0.39, 0.29) is 5.41 Å². The highest BCUT2D eigenvalue weighted by Gasteiger charge is 2.44. The lowest BCUT2D eigenvalue weighted by Gasteiger charge is -2.42. The molecule has 0 saturated heterocycles. The maximum Gasteiger partial charge on any atom is 0.0976 e. The summed E-state index contributed by atoms with van der Waals surface area (Å²) in [5.74, 6) is 0. The molecular weight excluding hydrogens is 314 g/mol. The van der Waals surface area contributed by atoms with Gasteiger partial charge in [-0.1, -0.05) is 41.9 Å². The number of benzene rings is 1. The van der Waals surface area contributed by atoms with Crippen LogP contribution in [-0.2, 0) is 0 Å². The van der Waals surface area contributed by atoms with E-state index in [1.165, 1.54) is 0 Å². The number of halogens is 1. The third-order valence-corrected chi connectivity index (χ3v) is 5.63. The molecule has 0 aromatic heterocycles. The fraction of sp³-hybridized carbons (Fsp3) is 0.588. The van der Waals surface area contributed by atoms with Crippen LogP contribution >= 0.6 is 15.9 Å². The molecule has 0 heterocycles. The van der Waals surface area contributed by atoms with E-state index in [0.717, 1.165) is 41.3 Å². The maximum atomic E-state index is 10.7. The van der Waals surface area contributed by atoms with Gasteiger partial charge in [0.05, 0.1) is 17.6 Å². The molecule has 0 amide bonds. The van der Waals surface area contributed by atoms with Crippen LogP contribution < -0.4 is 0 Å². The van der Waals surface area contributed by atoms with Gasteiger partial charge in [-0.15, -0.1) is 0 Å². The smallest absolute Gasteiger partial charge is 0.0976 e. The Kier molecular flexibility index (Phi) is 4.27. The molecule has 0 aliphatic heterocycles.